The maximum Gasteiger partial charge on any atom is 0.274 e. The Labute approximate surface area is 142 Å². The molecule has 0 radical (unpaired) electrons. The van der Waals surface area contributed by atoms with Crippen molar-refractivity contribution in [3.8, 4) is 5.75 Å². The quantitative estimate of drug-likeness (QED) is 0.539. The number of hydrogen-bond acceptors (Lipinski definition) is 4. The van der Waals surface area contributed by atoms with Gasteiger partial charge in [0.25, 0.3) is 5.56 Å². The van der Waals surface area contributed by atoms with Crippen LogP contribution in [0.5, 0.6) is 5.75 Å². The van der Waals surface area contributed by atoms with Gasteiger partial charge in [-0.05, 0) is 35.9 Å². The lowest BCUT2D eigenvalue weighted by molar-refractivity contribution is 0.363. The first-order chi connectivity index (χ1) is 11.8. The number of nitrogens with zero attached hydrogens (tertiary/aromatic N) is 2. The molecule has 0 bridgehead atoms. The van der Waals surface area contributed by atoms with Crippen molar-refractivity contribution in [3.63, 3.8) is 0 Å². The predicted molar refractivity (Wildman–Crippen MR) is 97.8 cm³/mol. The van der Waals surface area contributed by atoms with Crippen molar-refractivity contribution in [2.45, 2.75) is 0 Å². The van der Waals surface area contributed by atoms with E-state index in [0.29, 0.717) is 11.1 Å². The van der Waals surface area contributed by atoms with Crippen LogP contribution in [0.4, 0.5) is 0 Å². The Bertz CT molecular complexity index is 1140. The molecule has 5 heteroatoms. The summed E-state index contributed by atoms with van der Waals surface area (Å²) < 4.78 is 7.81. The van der Waals surface area contributed by atoms with Crippen LogP contribution < -0.4 is 14.8 Å². The number of imidazole rings is 1. The summed E-state index contributed by atoms with van der Waals surface area (Å²) in [5, 5.41) is 0. The molecule has 4 rings (SSSR count). The van der Waals surface area contributed by atoms with Gasteiger partial charge in [-0.1, -0.05) is 48.3 Å². The number of thiazole rings is 1. The SMILES string of the molecule is C=CCOc1ccc(/C=c2/sc3nc4ccccc4n3c2=O)cc1. The van der Waals surface area contributed by atoms with E-state index in [1.807, 2.05) is 54.6 Å². The first-order valence-electron chi connectivity index (χ1n) is 7.52. The lowest BCUT2D eigenvalue weighted by Gasteiger charge is -2.02. The summed E-state index contributed by atoms with van der Waals surface area (Å²) in [6, 6.07) is 15.3. The van der Waals surface area contributed by atoms with Crippen molar-refractivity contribution < 1.29 is 4.74 Å². The van der Waals surface area contributed by atoms with E-state index in [4.69, 9.17) is 4.74 Å². The molecule has 2 aromatic heterocycles. The maximum atomic E-state index is 12.7. The van der Waals surface area contributed by atoms with Crippen LogP contribution in [0.2, 0.25) is 0 Å². The Hall–Kier alpha value is -2.92. The van der Waals surface area contributed by atoms with Crippen LogP contribution in [0.3, 0.4) is 0 Å². The first-order valence-corrected chi connectivity index (χ1v) is 8.33. The summed E-state index contributed by atoms with van der Waals surface area (Å²) in [7, 11) is 0. The minimum Gasteiger partial charge on any atom is -0.490 e. The largest absolute Gasteiger partial charge is 0.490 e. The molecule has 0 N–H and O–H groups in total. The number of hydrogen-bond donors (Lipinski definition) is 0. The second kappa shape index (κ2) is 5.94. The van der Waals surface area contributed by atoms with E-state index in [2.05, 4.69) is 11.6 Å². The highest BCUT2D eigenvalue weighted by atomic mass is 32.1. The van der Waals surface area contributed by atoms with Crippen molar-refractivity contribution in [2.24, 2.45) is 0 Å². The normalized spacial score (nSPS) is 12.1. The molecule has 0 aliphatic heterocycles. The molecular weight excluding hydrogens is 320 g/mol. The summed E-state index contributed by atoms with van der Waals surface area (Å²) in [5.74, 6) is 0.779. The second-order valence-electron chi connectivity index (χ2n) is 5.30. The highest BCUT2D eigenvalue weighted by molar-refractivity contribution is 7.15. The molecule has 0 saturated heterocycles. The maximum absolute atomic E-state index is 12.7. The molecule has 0 saturated carbocycles. The van der Waals surface area contributed by atoms with Gasteiger partial charge < -0.3 is 4.74 Å². The van der Waals surface area contributed by atoms with E-state index in [-0.39, 0.29) is 5.56 Å². The molecule has 2 heterocycles. The van der Waals surface area contributed by atoms with E-state index in [0.717, 1.165) is 27.3 Å². The summed E-state index contributed by atoms with van der Waals surface area (Å²) in [6.07, 6.45) is 3.59. The van der Waals surface area contributed by atoms with E-state index in [1.54, 1.807) is 10.5 Å². The van der Waals surface area contributed by atoms with E-state index < -0.39 is 0 Å². The predicted octanol–water partition coefficient (Wildman–Crippen LogP) is 3.02. The molecule has 24 heavy (non-hydrogen) atoms. The third-order valence-electron chi connectivity index (χ3n) is 3.69. The number of aromatic nitrogens is 2. The van der Waals surface area contributed by atoms with Crippen molar-refractivity contribution in [1.29, 1.82) is 0 Å². The average Bonchev–Trinajstić information content (AvgIpc) is 3.11. The number of ether oxygens (including phenoxy) is 1. The highest BCUT2D eigenvalue weighted by Gasteiger charge is 2.10. The van der Waals surface area contributed by atoms with E-state index in [9.17, 15) is 4.79 Å². The van der Waals surface area contributed by atoms with Crippen LogP contribution in [0.15, 0.2) is 66.0 Å². The van der Waals surface area contributed by atoms with Crippen LogP contribution >= 0.6 is 11.3 Å². The fraction of sp³-hybridized carbons (Fsp3) is 0.0526. The fourth-order valence-corrected chi connectivity index (χ4v) is 3.57. The molecular formula is C19H14N2O2S. The molecule has 4 aromatic rings. The number of fused-ring (bicyclic) bond motifs is 3. The van der Waals surface area contributed by atoms with Gasteiger partial charge in [-0.15, -0.1) is 0 Å². The molecule has 0 unspecified atom stereocenters. The van der Waals surface area contributed by atoms with Crippen LogP contribution in [0.25, 0.3) is 22.1 Å². The van der Waals surface area contributed by atoms with Crippen LogP contribution in [-0.4, -0.2) is 16.0 Å². The van der Waals surface area contributed by atoms with Gasteiger partial charge in [0.15, 0.2) is 4.96 Å². The minimum absolute atomic E-state index is 0.0318. The molecule has 118 valence electrons. The molecule has 0 amide bonds. The first kappa shape index (κ1) is 14.7. The van der Waals surface area contributed by atoms with Crippen LogP contribution in [0, 0.1) is 0 Å². The fourth-order valence-electron chi connectivity index (χ4n) is 2.58. The lowest BCUT2D eigenvalue weighted by atomic mass is 10.2. The minimum atomic E-state index is -0.0318. The third kappa shape index (κ3) is 2.49. The van der Waals surface area contributed by atoms with Crippen LogP contribution in [0.1, 0.15) is 5.56 Å². The number of rotatable bonds is 4. The summed E-state index contributed by atoms with van der Waals surface area (Å²) >= 11 is 1.40. The molecule has 0 atom stereocenters. The standard InChI is InChI=1S/C19H14N2O2S/c1-2-11-23-14-9-7-13(8-10-14)12-17-18(22)21-16-6-4-3-5-15(16)20-19(21)24-17/h2-10,12H,1,11H2/b17-12+. The van der Waals surface area contributed by atoms with Gasteiger partial charge in [-0.2, -0.15) is 0 Å². The van der Waals surface area contributed by atoms with Crippen molar-refractivity contribution in [2.75, 3.05) is 6.61 Å². The lowest BCUT2D eigenvalue weighted by Crippen LogP contribution is -2.22. The molecule has 2 aromatic carbocycles. The molecule has 0 aliphatic carbocycles. The Kier molecular flexibility index (Phi) is 3.63. The van der Waals surface area contributed by atoms with E-state index >= 15 is 0 Å². The summed E-state index contributed by atoms with van der Waals surface area (Å²) in [6.45, 7) is 4.10. The van der Waals surface area contributed by atoms with Crippen molar-refractivity contribution >= 4 is 33.4 Å². The Morgan fingerprint density at radius 1 is 1.17 bits per heavy atom. The Morgan fingerprint density at radius 2 is 1.96 bits per heavy atom. The molecule has 0 fully saturated rings. The summed E-state index contributed by atoms with van der Waals surface area (Å²) in [5.41, 5.74) is 2.61. The van der Waals surface area contributed by atoms with Gasteiger partial charge >= 0.3 is 0 Å². The van der Waals surface area contributed by atoms with E-state index in [1.165, 1.54) is 11.3 Å². The smallest absolute Gasteiger partial charge is 0.274 e. The van der Waals surface area contributed by atoms with Gasteiger partial charge in [0.05, 0.1) is 15.6 Å². The second-order valence-corrected chi connectivity index (χ2v) is 6.31. The van der Waals surface area contributed by atoms with Crippen LogP contribution in [-0.2, 0) is 0 Å². The Morgan fingerprint density at radius 3 is 2.75 bits per heavy atom. The number of para-hydroxylation sites is 2. The van der Waals surface area contributed by atoms with Gasteiger partial charge in [-0.25, -0.2) is 9.38 Å². The summed E-state index contributed by atoms with van der Waals surface area (Å²) in [4.78, 5) is 17.9. The molecule has 4 nitrogen and oxygen atoms in total. The molecule has 0 spiro atoms. The van der Waals surface area contributed by atoms with Crippen molar-refractivity contribution in [1.82, 2.24) is 9.38 Å². The third-order valence-corrected chi connectivity index (χ3v) is 4.66. The topological polar surface area (TPSA) is 43.6 Å². The van der Waals surface area contributed by atoms with Crippen molar-refractivity contribution in [3.05, 3.63) is 81.6 Å². The van der Waals surface area contributed by atoms with Gasteiger partial charge in [0.1, 0.15) is 12.4 Å². The van der Waals surface area contributed by atoms with Gasteiger partial charge in [0, 0.05) is 0 Å². The highest BCUT2D eigenvalue weighted by Crippen LogP contribution is 2.16. The molecule has 0 aliphatic rings. The Balaban J connectivity index is 1.78. The monoisotopic (exact) mass is 334 g/mol. The zero-order chi connectivity index (χ0) is 16.5. The zero-order valence-electron chi connectivity index (χ0n) is 12.8. The van der Waals surface area contributed by atoms with Gasteiger partial charge in [-0.3, -0.25) is 4.79 Å². The average molecular weight is 334 g/mol. The number of benzene rings is 2. The van der Waals surface area contributed by atoms with Gasteiger partial charge in [0.2, 0.25) is 0 Å². The zero-order valence-corrected chi connectivity index (χ0v) is 13.6.